The first-order chi connectivity index (χ1) is 12.4. The molecule has 1 heterocycles. The molecule has 1 aliphatic rings. The lowest BCUT2D eigenvalue weighted by atomic mass is 10.2. The van der Waals surface area contributed by atoms with Crippen molar-refractivity contribution in [3.05, 3.63) is 63.6 Å². The second-order valence-corrected chi connectivity index (χ2v) is 9.02. The van der Waals surface area contributed by atoms with Crippen molar-refractivity contribution in [2.24, 2.45) is 0 Å². The number of benzene rings is 2. The number of hydrogen-bond donors (Lipinski definition) is 1. The molecule has 2 aromatic rings. The Kier molecular flexibility index (Phi) is 5.70. The summed E-state index contributed by atoms with van der Waals surface area (Å²) >= 11 is 9.56. The summed E-state index contributed by atoms with van der Waals surface area (Å²) in [5.41, 5.74) is 1.73. The fourth-order valence-corrected chi connectivity index (χ4v) is 4.78. The van der Waals surface area contributed by atoms with E-state index in [9.17, 15) is 13.2 Å². The molecule has 8 heteroatoms. The predicted molar refractivity (Wildman–Crippen MR) is 109 cm³/mol. The fourth-order valence-electron chi connectivity index (χ4n) is 2.64. The van der Waals surface area contributed by atoms with Crippen LogP contribution in [0.2, 0.25) is 5.02 Å². The summed E-state index contributed by atoms with van der Waals surface area (Å²) in [6.07, 6.45) is 3.67. The molecule has 2 aromatic carbocycles. The van der Waals surface area contributed by atoms with Crippen LogP contribution in [-0.2, 0) is 14.8 Å². The van der Waals surface area contributed by atoms with Gasteiger partial charge in [0.25, 0.3) is 0 Å². The Labute approximate surface area is 165 Å². The maximum atomic E-state index is 12.2. The second kappa shape index (κ2) is 7.82. The Bertz CT molecular complexity index is 976. The average Bonchev–Trinajstić information content (AvgIpc) is 2.95. The fraction of sp³-hybridized carbons (Fsp3) is 0.167. The number of nitrogens with zero attached hydrogens (tertiary/aromatic N) is 1. The van der Waals surface area contributed by atoms with Gasteiger partial charge < -0.3 is 5.32 Å². The number of nitrogens with one attached hydrogen (secondary N) is 1. The van der Waals surface area contributed by atoms with Crippen LogP contribution in [0.1, 0.15) is 12.0 Å². The Balaban J connectivity index is 1.78. The van der Waals surface area contributed by atoms with E-state index in [0.717, 1.165) is 10.0 Å². The molecule has 3 rings (SSSR count). The van der Waals surface area contributed by atoms with Gasteiger partial charge in [-0.1, -0.05) is 45.7 Å². The summed E-state index contributed by atoms with van der Waals surface area (Å²) in [6.45, 7) is 0.430. The van der Waals surface area contributed by atoms with Crippen molar-refractivity contribution < 1.29 is 13.2 Å². The molecule has 0 saturated carbocycles. The lowest BCUT2D eigenvalue weighted by molar-refractivity contribution is -0.111. The van der Waals surface area contributed by atoms with E-state index in [1.807, 2.05) is 24.3 Å². The summed E-state index contributed by atoms with van der Waals surface area (Å²) in [5.74, 6) is -0.226. The van der Waals surface area contributed by atoms with Crippen LogP contribution in [0.4, 0.5) is 11.4 Å². The maximum absolute atomic E-state index is 12.2. The summed E-state index contributed by atoms with van der Waals surface area (Å²) in [6, 6.07) is 12.3. The standard InChI is InChI=1S/C18H16BrClN2O3S/c19-15-5-2-1-4-13(15)6-9-18(23)21-17-12-14(7-8-16(17)20)22-10-3-11-26(22,24)25/h1-2,4-9,12H,3,10-11H2,(H,21,23)/b9-6+. The third-order valence-corrected chi connectivity index (χ3v) is 6.84. The summed E-state index contributed by atoms with van der Waals surface area (Å²) in [4.78, 5) is 12.2. The normalized spacial score (nSPS) is 16.2. The van der Waals surface area contributed by atoms with Crippen molar-refractivity contribution in [2.75, 3.05) is 21.9 Å². The minimum absolute atomic E-state index is 0.131. The van der Waals surface area contributed by atoms with Crippen LogP contribution in [0, 0.1) is 0 Å². The highest BCUT2D eigenvalue weighted by atomic mass is 79.9. The molecule has 136 valence electrons. The van der Waals surface area contributed by atoms with Gasteiger partial charge in [0.15, 0.2) is 0 Å². The zero-order chi connectivity index (χ0) is 18.7. The van der Waals surface area contributed by atoms with Crippen molar-refractivity contribution in [2.45, 2.75) is 6.42 Å². The molecule has 1 aliphatic heterocycles. The topological polar surface area (TPSA) is 66.5 Å². The SMILES string of the molecule is O=C(/C=C/c1ccccc1Br)Nc1cc(N2CCCS2(=O)=O)ccc1Cl. The van der Waals surface area contributed by atoms with Gasteiger partial charge >= 0.3 is 0 Å². The summed E-state index contributed by atoms with van der Waals surface area (Å²) in [7, 11) is -3.29. The Morgan fingerprint density at radius 3 is 2.69 bits per heavy atom. The number of sulfonamides is 1. The number of anilines is 2. The molecule has 1 fully saturated rings. The van der Waals surface area contributed by atoms with Gasteiger partial charge in [-0.25, -0.2) is 8.42 Å². The number of carbonyl (C=O) groups excluding carboxylic acids is 1. The van der Waals surface area contributed by atoms with Gasteiger partial charge in [0.2, 0.25) is 15.9 Å². The maximum Gasteiger partial charge on any atom is 0.248 e. The van der Waals surface area contributed by atoms with Crippen LogP contribution < -0.4 is 9.62 Å². The predicted octanol–water partition coefficient (Wildman–Crippen LogP) is 4.29. The first-order valence-electron chi connectivity index (χ1n) is 7.90. The molecule has 0 aromatic heterocycles. The van der Waals surface area contributed by atoms with E-state index in [1.165, 1.54) is 10.4 Å². The highest BCUT2D eigenvalue weighted by Crippen LogP contribution is 2.31. The van der Waals surface area contributed by atoms with E-state index in [0.29, 0.717) is 29.4 Å². The van der Waals surface area contributed by atoms with Crippen LogP contribution in [0.3, 0.4) is 0 Å². The van der Waals surface area contributed by atoms with Crippen LogP contribution in [0.25, 0.3) is 6.08 Å². The Hall–Kier alpha value is -1.83. The molecule has 0 spiro atoms. The zero-order valence-corrected chi connectivity index (χ0v) is 16.8. The van der Waals surface area contributed by atoms with Gasteiger partial charge in [0.05, 0.1) is 22.2 Å². The van der Waals surface area contributed by atoms with Gasteiger partial charge in [-0.15, -0.1) is 0 Å². The van der Waals surface area contributed by atoms with Crippen molar-refractivity contribution in [1.82, 2.24) is 0 Å². The van der Waals surface area contributed by atoms with E-state index in [-0.39, 0.29) is 11.7 Å². The molecular weight excluding hydrogens is 440 g/mol. The van der Waals surface area contributed by atoms with E-state index < -0.39 is 10.0 Å². The highest BCUT2D eigenvalue weighted by molar-refractivity contribution is 9.10. The van der Waals surface area contributed by atoms with E-state index in [4.69, 9.17) is 11.6 Å². The van der Waals surface area contributed by atoms with Crippen LogP contribution in [0.5, 0.6) is 0 Å². The Morgan fingerprint density at radius 1 is 1.23 bits per heavy atom. The average molecular weight is 456 g/mol. The number of carbonyl (C=O) groups is 1. The third kappa shape index (κ3) is 4.28. The summed E-state index contributed by atoms with van der Waals surface area (Å²) in [5, 5.41) is 3.04. The Morgan fingerprint density at radius 2 is 2.00 bits per heavy atom. The van der Waals surface area contributed by atoms with Crippen LogP contribution in [0.15, 0.2) is 53.0 Å². The lowest BCUT2D eigenvalue weighted by Crippen LogP contribution is -2.25. The van der Waals surface area contributed by atoms with Crippen molar-refractivity contribution in [3.8, 4) is 0 Å². The van der Waals surface area contributed by atoms with E-state index in [2.05, 4.69) is 21.2 Å². The van der Waals surface area contributed by atoms with Crippen molar-refractivity contribution >= 4 is 60.9 Å². The number of rotatable bonds is 4. The van der Waals surface area contributed by atoms with Gasteiger partial charge in [0.1, 0.15) is 0 Å². The molecule has 0 aliphatic carbocycles. The molecule has 1 saturated heterocycles. The van der Waals surface area contributed by atoms with Gasteiger partial charge in [-0.2, -0.15) is 0 Å². The van der Waals surface area contributed by atoms with Crippen LogP contribution >= 0.6 is 27.5 Å². The third-order valence-electron chi connectivity index (χ3n) is 3.91. The molecular formula is C18H16BrClN2O3S. The minimum Gasteiger partial charge on any atom is -0.321 e. The molecule has 0 unspecified atom stereocenters. The van der Waals surface area contributed by atoms with Gasteiger partial charge in [-0.3, -0.25) is 9.10 Å². The quantitative estimate of drug-likeness (QED) is 0.699. The van der Waals surface area contributed by atoms with E-state index >= 15 is 0 Å². The minimum atomic E-state index is -3.29. The number of amides is 1. The summed E-state index contributed by atoms with van der Waals surface area (Å²) < 4.78 is 26.3. The largest absolute Gasteiger partial charge is 0.321 e. The zero-order valence-electron chi connectivity index (χ0n) is 13.7. The number of hydrogen-bond acceptors (Lipinski definition) is 3. The molecule has 26 heavy (non-hydrogen) atoms. The van der Waals surface area contributed by atoms with Gasteiger partial charge in [-0.05, 0) is 42.3 Å². The molecule has 0 bridgehead atoms. The number of halogens is 2. The lowest BCUT2D eigenvalue weighted by Gasteiger charge is -2.18. The first kappa shape index (κ1) is 18.9. The second-order valence-electron chi connectivity index (χ2n) is 5.75. The molecule has 0 atom stereocenters. The molecule has 0 radical (unpaired) electrons. The van der Waals surface area contributed by atoms with Crippen molar-refractivity contribution in [3.63, 3.8) is 0 Å². The smallest absolute Gasteiger partial charge is 0.248 e. The first-order valence-corrected chi connectivity index (χ1v) is 10.7. The van der Waals surface area contributed by atoms with E-state index in [1.54, 1.807) is 24.3 Å². The van der Waals surface area contributed by atoms with Gasteiger partial charge in [0, 0.05) is 17.1 Å². The van der Waals surface area contributed by atoms with Crippen molar-refractivity contribution in [1.29, 1.82) is 0 Å². The molecule has 1 amide bonds. The molecule has 5 nitrogen and oxygen atoms in total. The highest BCUT2D eigenvalue weighted by Gasteiger charge is 2.28. The monoisotopic (exact) mass is 454 g/mol. The van der Waals surface area contributed by atoms with Crippen LogP contribution in [-0.4, -0.2) is 26.6 Å². The molecule has 1 N–H and O–H groups in total.